The standard InChI is InChI=1S/C20H20N4O3S2/c25-18(13-27-15-4-2-1-3-5-15)22-19(28)23-20-21-16-7-6-14(12-17(16)29-20)24-8-10-26-11-9-24/h1-7,12H,8-11,13H2,(H2,21,22,23,25,28). The highest BCUT2D eigenvalue weighted by Crippen LogP contribution is 2.30. The first kappa shape index (κ1) is 19.6. The molecule has 0 atom stereocenters. The van der Waals surface area contributed by atoms with Crippen molar-refractivity contribution in [2.45, 2.75) is 0 Å². The molecule has 2 aromatic carbocycles. The Bertz CT molecular complexity index is 1000. The number of carbonyl (C=O) groups is 1. The number of thiocarbonyl (C=S) groups is 1. The second kappa shape index (κ2) is 9.17. The number of aromatic nitrogens is 1. The fraction of sp³-hybridized carbons (Fsp3) is 0.250. The number of hydrogen-bond donors (Lipinski definition) is 2. The molecule has 1 saturated heterocycles. The third-order valence-electron chi connectivity index (χ3n) is 4.33. The number of fused-ring (bicyclic) bond motifs is 1. The summed E-state index contributed by atoms with van der Waals surface area (Å²) in [5.41, 5.74) is 2.04. The second-order valence-electron chi connectivity index (χ2n) is 6.37. The molecular formula is C20H20N4O3S2. The highest BCUT2D eigenvalue weighted by atomic mass is 32.1. The summed E-state index contributed by atoms with van der Waals surface area (Å²) in [6.45, 7) is 3.15. The summed E-state index contributed by atoms with van der Waals surface area (Å²) in [7, 11) is 0. The van der Waals surface area contributed by atoms with Crippen molar-refractivity contribution in [1.29, 1.82) is 0 Å². The maximum atomic E-state index is 12.0. The van der Waals surface area contributed by atoms with Crippen LogP contribution in [0.4, 0.5) is 10.8 Å². The van der Waals surface area contributed by atoms with E-state index in [9.17, 15) is 4.79 Å². The minimum Gasteiger partial charge on any atom is -0.484 e. The Labute approximate surface area is 177 Å². The van der Waals surface area contributed by atoms with Crippen molar-refractivity contribution in [1.82, 2.24) is 10.3 Å². The third-order valence-corrected chi connectivity index (χ3v) is 5.47. The molecule has 150 valence electrons. The molecule has 0 bridgehead atoms. The van der Waals surface area contributed by atoms with Crippen LogP contribution in [0.5, 0.6) is 5.75 Å². The first-order valence-corrected chi connectivity index (χ1v) is 10.4. The van der Waals surface area contributed by atoms with Gasteiger partial charge in [-0.3, -0.25) is 10.1 Å². The SMILES string of the molecule is O=C(COc1ccccc1)NC(=S)Nc1nc2ccc(N3CCOCC3)cc2s1. The van der Waals surface area contributed by atoms with Crippen molar-refractivity contribution in [3.63, 3.8) is 0 Å². The Morgan fingerprint density at radius 1 is 1.21 bits per heavy atom. The summed E-state index contributed by atoms with van der Waals surface area (Å²) in [5, 5.41) is 6.41. The zero-order valence-electron chi connectivity index (χ0n) is 15.6. The molecular weight excluding hydrogens is 408 g/mol. The lowest BCUT2D eigenvalue weighted by molar-refractivity contribution is -0.121. The van der Waals surface area contributed by atoms with Gasteiger partial charge in [0.2, 0.25) is 0 Å². The smallest absolute Gasteiger partial charge is 0.264 e. The van der Waals surface area contributed by atoms with Gasteiger partial charge in [-0.1, -0.05) is 29.5 Å². The van der Waals surface area contributed by atoms with Gasteiger partial charge in [0, 0.05) is 18.8 Å². The highest BCUT2D eigenvalue weighted by molar-refractivity contribution is 7.80. The van der Waals surface area contributed by atoms with Crippen LogP contribution in [0, 0.1) is 0 Å². The number of para-hydroxylation sites is 1. The topological polar surface area (TPSA) is 75.7 Å². The van der Waals surface area contributed by atoms with Crippen LogP contribution in [0.25, 0.3) is 10.2 Å². The van der Waals surface area contributed by atoms with E-state index in [0.29, 0.717) is 10.9 Å². The molecule has 0 radical (unpaired) electrons. The van der Waals surface area contributed by atoms with Crippen molar-refractivity contribution in [2.24, 2.45) is 0 Å². The summed E-state index contributed by atoms with van der Waals surface area (Å²) >= 11 is 6.71. The summed E-state index contributed by atoms with van der Waals surface area (Å²) in [4.78, 5) is 18.8. The molecule has 29 heavy (non-hydrogen) atoms. The van der Waals surface area contributed by atoms with Crippen LogP contribution in [0.2, 0.25) is 0 Å². The number of benzene rings is 2. The predicted octanol–water partition coefficient (Wildman–Crippen LogP) is 3.02. The van der Waals surface area contributed by atoms with Crippen LogP contribution in [-0.4, -0.2) is 48.9 Å². The zero-order chi connectivity index (χ0) is 20.1. The lowest BCUT2D eigenvalue weighted by atomic mass is 10.2. The molecule has 2 heterocycles. The van der Waals surface area contributed by atoms with E-state index in [2.05, 4.69) is 32.7 Å². The van der Waals surface area contributed by atoms with Gasteiger partial charge in [-0.2, -0.15) is 0 Å². The molecule has 1 aromatic heterocycles. The van der Waals surface area contributed by atoms with Crippen LogP contribution < -0.4 is 20.3 Å². The quantitative estimate of drug-likeness (QED) is 0.605. The van der Waals surface area contributed by atoms with Gasteiger partial charge in [0.15, 0.2) is 16.9 Å². The molecule has 0 aliphatic carbocycles. The number of amides is 1. The van der Waals surface area contributed by atoms with Crippen molar-refractivity contribution in [3.05, 3.63) is 48.5 Å². The van der Waals surface area contributed by atoms with Crippen LogP contribution in [-0.2, 0) is 9.53 Å². The van der Waals surface area contributed by atoms with Crippen LogP contribution in [0.15, 0.2) is 48.5 Å². The average molecular weight is 429 g/mol. The summed E-state index contributed by atoms with van der Waals surface area (Å²) in [5.74, 6) is 0.297. The Hall–Kier alpha value is -2.75. The van der Waals surface area contributed by atoms with E-state index in [-0.39, 0.29) is 17.6 Å². The van der Waals surface area contributed by atoms with Gasteiger partial charge in [-0.25, -0.2) is 4.98 Å². The maximum Gasteiger partial charge on any atom is 0.264 e. The number of thiazole rings is 1. The molecule has 1 amide bonds. The lowest BCUT2D eigenvalue weighted by Gasteiger charge is -2.28. The molecule has 0 saturated carbocycles. The third kappa shape index (κ3) is 5.20. The number of morpholine rings is 1. The first-order valence-electron chi connectivity index (χ1n) is 9.19. The van der Waals surface area contributed by atoms with Crippen molar-refractivity contribution in [2.75, 3.05) is 43.1 Å². The predicted molar refractivity (Wildman–Crippen MR) is 119 cm³/mol. The fourth-order valence-corrected chi connectivity index (χ4v) is 4.12. The Kier molecular flexibility index (Phi) is 6.18. The van der Waals surface area contributed by atoms with E-state index < -0.39 is 0 Å². The van der Waals surface area contributed by atoms with Gasteiger partial charge in [0.25, 0.3) is 5.91 Å². The van der Waals surface area contributed by atoms with Crippen LogP contribution in [0.1, 0.15) is 0 Å². The van der Waals surface area contributed by atoms with Crippen molar-refractivity contribution >= 4 is 55.6 Å². The molecule has 2 N–H and O–H groups in total. The number of nitrogens with zero attached hydrogens (tertiary/aromatic N) is 2. The van der Waals surface area contributed by atoms with Gasteiger partial charge in [0.1, 0.15) is 5.75 Å². The summed E-state index contributed by atoms with van der Waals surface area (Å²) in [6, 6.07) is 15.3. The molecule has 3 aromatic rings. The Morgan fingerprint density at radius 2 is 2.00 bits per heavy atom. The van der Waals surface area contributed by atoms with E-state index in [1.54, 1.807) is 12.1 Å². The highest BCUT2D eigenvalue weighted by Gasteiger charge is 2.14. The van der Waals surface area contributed by atoms with E-state index in [1.807, 2.05) is 24.3 Å². The van der Waals surface area contributed by atoms with E-state index in [0.717, 1.165) is 42.2 Å². The number of ether oxygens (including phenoxy) is 2. The Morgan fingerprint density at radius 3 is 2.79 bits per heavy atom. The molecule has 1 aliphatic rings. The van der Waals surface area contributed by atoms with Gasteiger partial charge in [-0.15, -0.1) is 0 Å². The molecule has 4 rings (SSSR count). The van der Waals surface area contributed by atoms with Gasteiger partial charge >= 0.3 is 0 Å². The minimum absolute atomic E-state index is 0.116. The van der Waals surface area contributed by atoms with E-state index >= 15 is 0 Å². The lowest BCUT2D eigenvalue weighted by Crippen LogP contribution is -2.37. The minimum atomic E-state index is -0.331. The molecule has 7 nitrogen and oxygen atoms in total. The van der Waals surface area contributed by atoms with E-state index in [1.165, 1.54) is 11.3 Å². The van der Waals surface area contributed by atoms with Gasteiger partial charge in [0.05, 0.1) is 23.4 Å². The maximum absolute atomic E-state index is 12.0. The van der Waals surface area contributed by atoms with Crippen LogP contribution in [0.3, 0.4) is 0 Å². The largest absolute Gasteiger partial charge is 0.484 e. The summed E-state index contributed by atoms with van der Waals surface area (Å²) < 4.78 is 11.9. The molecule has 0 spiro atoms. The summed E-state index contributed by atoms with van der Waals surface area (Å²) in [6.07, 6.45) is 0. The molecule has 1 aliphatic heterocycles. The van der Waals surface area contributed by atoms with Crippen molar-refractivity contribution in [3.8, 4) is 5.75 Å². The average Bonchev–Trinajstić information content (AvgIpc) is 3.14. The number of carbonyl (C=O) groups excluding carboxylic acids is 1. The molecule has 9 heteroatoms. The monoisotopic (exact) mass is 428 g/mol. The van der Waals surface area contributed by atoms with E-state index in [4.69, 9.17) is 21.7 Å². The normalized spacial score (nSPS) is 13.9. The number of anilines is 2. The number of hydrogen-bond acceptors (Lipinski definition) is 7. The number of nitrogens with one attached hydrogen (secondary N) is 2. The fourth-order valence-electron chi connectivity index (χ4n) is 2.94. The zero-order valence-corrected chi connectivity index (χ0v) is 17.2. The van der Waals surface area contributed by atoms with Gasteiger partial charge in [-0.05, 0) is 42.5 Å². The van der Waals surface area contributed by atoms with Crippen LogP contribution >= 0.6 is 23.6 Å². The molecule has 0 unspecified atom stereocenters. The van der Waals surface area contributed by atoms with Gasteiger partial charge < -0.3 is 19.7 Å². The first-order chi connectivity index (χ1) is 14.2. The second-order valence-corrected chi connectivity index (χ2v) is 7.81. The Balaban J connectivity index is 1.33. The number of rotatable bonds is 5. The molecule has 1 fully saturated rings. The van der Waals surface area contributed by atoms with Crippen molar-refractivity contribution < 1.29 is 14.3 Å².